The summed E-state index contributed by atoms with van der Waals surface area (Å²) in [5, 5.41) is 18.5. The lowest BCUT2D eigenvalue weighted by atomic mass is 10.1. The molecule has 0 aliphatic carbocycles. The van der Waals surface area contributed by atoms with Gasteiger partial charge in [0.25, 0.3) is 0 Å². The Kier molecular flexibility index (Phi) is 4.72. The number of carboxylic acids is 1. The fourth-order valence-electron chi connectivity index (χ4n) is 2.36. The van der Waals surface area contributed by atoms with E-state index in [1.807, 2.05) is 16.9 Å². The van der Waals surface area contributed by atoms with E-state index < -0.39 is 5.97 Å². The highest BCUT2D eigenvalue weighted by atomic mass is 16.4. The summed E-state index contributed by atoms with van der Waals surface area (Å²) in [6.07, 6.45) is 4.23. The molecular weight excluding hydrogens is 272 g/mol. The Morgan fingerprint density at radius 1 is 1.38 bits per heavy atom. The van der Waals surface area contributed by atoms with E-state index in [0.29, 0.717) is 11.7 Å². The van der Waals surface area contributed by atoms with E-state index in [1.165, 1.54) is 5.01 Å². The number of hydrogen-bond acceptors (Lipinski definition) is 4. The van der Waals surface area contributed by atoms with Gasteiger partial charge in [0.15, 0.2) is 0 Å². The zero-order chi connectivity index (χ0) is 15.4. The van der Waals surface area contributed by atoms with Gasteiger partial charge in [-0.25, -0.2) is 9.80 Å². The van der Waals surface area contributed by atoms with E-state index in [-0.39, 0.29) is 31.0 Å². The second kappa shape index (κ2) is 6.51. The molecule has 0 aromatic carbocycles. The Morgan fingerprint density at radius 2 is 2.10 bits per heavy atom. The van der Waals surface area contributed by atoms with Gasteiger partial charge < -0.3 is 5.11 Å². The Labute approximate surface area is 123 Å². The molecule has 2 rings (SSSR count). The third-order valence-corrected chi connectivity index (χ3v) is 3.64. The lowest BCUT2D eigenvalue weighted by molar-refractivity contribution is -0.133. The first-order chi connectivity index (χ1) is 10.0. The Bertz CT molecular complexity index is 560. The number of carbonyl (C=O) groups is 2. The summed E-state index contributed by atoms with van der Waals surface area (Å²) in [7, 11) is 0. The first kappa shape index (κ1) is 15.2. The van der Waals surface area contributed by atoms with E-state index >= 15 is 0 Å². The Balaban J connectivity index is 2.12. The molecule has 7 heteroatoms. The van der Waals surface area contributed by atoms with Crippen molar-refractivity contribution in [3.05, 3.63) is 18.0 Å². The first-order valence-corrected chi connectivity index (χ1v) is 7.20. The minimum absolute atomic E-state index is 0.0222. The molecule has 0 saturated heterocycles. The minimum Gasteiger partial charge on any atom is -0.477 e. The number of amides is 1. The van der Waals surface area contributed by atoms with E-state index in [1.54, 1.807) is 0 Å². The van der Waals surface area contributed by atoms with Gasteiger partial charge in [0, 0.05) is 19.0 Å². The third kappa shape index (κ3) is 3.48. The van der Waals surface area contributed by atoms with Crippen LogP contribution in [0.1, 0.15) is 51.3 Å². The normalized spacial score (nSPS) is 15.5. The van der Waals surface area contributed by atoms with Crippen LogP contribution in [0.5, 0.6) is 0 Å². The highest BCUT2D eigenvalue weighted by Gasteiger charge is 2.24. The zero-order valence-electron chi connectivity index (χ0n) is 12.3. The molecule has 1 aromatic heterocycles. The average molecular weight is 292 g/mol. The molecule has 1 aliphatic heterocycles. The van der Waals surface area contributed by atoms with Gasteiger partial charge in [-0.1, -0.05) is 13.8 Å². The molecule has 7 nitrogen and oxygen atoms in total. The maximum Gasteiger partial charge on any atom is 0.352 e. The second-order valence-corrected chi connectivity index (χ2v) is 5.06. The van der Waals surface area contributed by atoms with Crippen LogP contribution in [0.25, 0.3) is 0 Å². The number of carboxylic acid groups (broad SMARTS) is 1. The molecule has 21 heavy (non-hydrogen) atoms. The number of hydrogen-bond donors (Lipinski definition) is 1. The average Bonchev–Trinajstić information content (AvgIpc) is 2.91. The number of aliphatic carboxylic acids is 1. The third-order valence-electron chi connectivity index (χ3n) is 3.64. The highest BCUT2D eigenvalue weighted by Crippen LogP contribution is 2.17. The predicted octanol–water partition coefficient (Wildman–Crippen LogP) is 1.81. The van der Waals surface area contributed by atoms with Crippen molar-refractivity contribution in [2.75, 3.05) is 0 Å². The summed E-state index contributed by atoms with van der Waals surface area (Å²) < 4.78 is 1.89. The standard InChI is InChI=1S/C14H20N4O3/c1-3-11(4-2)17-8-7-10(15-17)9-18-13(19)6-5-12(16-18)14(20)21/h7-8,11H,3-6,9H2,1-2H3,(H,20,21). The van der Waals surface area contributed by atoms with Crippen molar-refractivity contribution in [3.63, 3.8) is 0 Å². The molecule has 1 aliphatic rings. The predicted molar refractivity (Wildman–Crippen MR) is 76.7 cm³/mol. The summed E-state index contributed by atoms with van der Waals surface area (Å²) in [6.45, 7) is 4.42. The van der Waals surface area contributed by atoms with Gasteiger partial charge in [-0.3, -0.25) is 9.48 Å². The van der Waals surface area contributed by atoms with Crippen LogP contribution < -0.4 is 0 Å². The van der Waals surface area contributed by atoms with Crippen molar-refractivity contribution in [2.45, 2.75) is 52.1 Å². The topological polar surface area (TPSA) is 87.8 Å². The fourth-order valence-corrected chi connectivity index (χ4v) is 2.36. The van der Waals surface area contributed by atoms with Crippen molar-refractivity contribution >= 4 is 17.6 Å². The summed E-state index contributed by atoms with van der Waals surface area (Å²) >= 11 is 0. The molecule has 114 valence electrons. The molecule has 0 atom stereocenters. The number of aromatic nitrogens is 2. The van der Waals surface area contributed by atoms with E-state index in [0.717, 1.165) is 12.8 Å². The van der Waals surface area contributed by atoms with Gasteiger partial charge in [0.1, 0.15) is 5.71 Å². The smallest absolute Gasteiger partial charge is 0.352 e. The lowest BCUT2D eigenvalue weighted by Crippen LogP contribution is -2.34. The van der Waals surface area contributed by atoms with Gasteiger partial charge in [-0.05, 0) is 18.9 Å². The summed E-state index contributed by atoms with van der Waals surface area (Å²) in [5.41, 5.74) is 0.736. The minimum atomic E-state index is -1.07. The molecule has 1 amide bonds. The highest BCUT2D eigenvalue weighted by molar-refractivity contribution is 6.36. The molecule has 0 unspecified atom stereocenters. The summed E-state index contributed by atoms with van der Waals surface area (Å²) in [4.78, 5) is 22.8. The lowest BCUT2D eigenvalue weighted by Gasteiger charge is -2.21. The van der Waals surface area contributed by atoms with Crippen molar-refractivity contribution < 1.29 is 14.7 Å². The van der Waals surface area contributed by atoms with Gasteiger partial charge in [-0.15, -0.1) is 0 Å². The van der Waals surface area contributed by atoms with Gasteiger partial charge in [0.05, 0.1) is 18.3 Å². The molecule has 0 spiro atoms. The van der Waals surface area contributed by atoms with Crippen LogP contribution in [0, 0.1) is 0 Å². The number of hydrazone groups is 1. The maximum absolute atomic E-state index is 11.8. The molecule has 1 N–H and O–H groups in total. The van der Waals surface area contributed by atoms with Crippen LogP contribution in [0.3, 0.4) is 0 Å². The summed E-state index contributed by atoms with van der Waals surface area (Å²) in [6, 6.07) is 2.18. The van der Waals surface area contributed by atoms with E-state index in [2.05, 4.69) is 24.0 Å². The van der Waals surface area contributed by atoms with Crippen molar-refractivity contribution in [2.24, 2.45) is 5.10 Å². The van der Waals surface area contributed by atoms with E-state index in [4.69, 9.17) is 5.11 Å². The van der Waals surface area contributed by atoms with Crippen LogP contribution in [0.15, 0.2) is 17.4 Å². The molecule has 2 heterocycles. The summed E-state index contributed by atoms with van der Waals surface area (Å²) in [5.74, 6) is -1.24. The van der Waals surface area contributed by atoms with Crippen LogP contribution in [0.2, 0.25) is 0 Å². The molecule has 0 bridgehead atoms. The number of nitrogens with zero attached hydrogens (tertiary/aromatic N) is 4. The first-order valence-electron chi connectivity index (χ1n) is 7.20. The number of carbonyl (C=O) groups excluding carboxylic acids is 1. The van der Waals surface area contributed by atoms with Crippen LogP contribution in [-0.4, -0.2) is 37.5 Å². The van der Waals surface area contributed by atoms with Gasteiger partial charge >= 0.3 is 5.97 Å². The molecular formula is C14H20N4O3. The monoisotopic (exact) mass is 292 g/mol. The van der Waals surface area contributed by atoms with Crippen LogP contribution in [-0.2, 0) is 16.1 Å². The second-order valence-electron chi connectivity index (χ2n) is 5.06. The zero-order valence-corrected chi connectivity index (χ0v) is 12.3. The molecule has 1 aromatic rings. The Hall–Kier alpha value is -2.18. The van der Waals surface area contributed by atoms with E-state index in [9.17, 15) is 9.59 Å². The molecule has 0 saturated carbocycles. The maximum atomic E-state index is 11.8. The SMILES string of the molecule is CCC(CC)n1ccc(CN2N=C(C(=O)O)CCC2=O)n1. The number of rotatable bonds is 6. The van der Waals surface area contributed by atoms with Gasteiger partial charge in [0.2, 0.25) is 5.91 Å². The quantitative estimate of drug-likeness (QED) is 0.866. The largest absolute Gasteiger partial charge is 0.477 e. The van der Waals surface area contributed by atoms with Crippen molar-refractivity contribution in [1.29, 1.82) is 0 Å². The van der Waals surface area contributed by atoms with Crippen LogP contribution in [0.4, 0.5) is 0 Å². The van der Waals surface area contributed by atoms with Crippen molar-refractivity contribution in [3.8, 4) is 0 Å². The fraction of sp³-hybridized carbons (Fsp3) is 0.571. The van der Waals surface area contributed by atoms with Crippen molar-refractivity contribution in [1.82, 2.24) is 14.8 Å². The molecule has 0 radical (unpaired) electrons. The molecule has 0 fully saturated rings. The van der Waals surface area contributed by atoms with Gasteiger partial charge in [-0.2, -0.15) is 10.2 Å². The Morgan fingerprint density at radius 3 is 2.71 bits per heavy atom. The van der Waals surface area contributed by atoms with Crippen LogP contribution >= 0.6 is 0 Å².